The lowest BCUT2D eigenvalue weighted by molar-refractivity contribution is 0.102. The first-order valence-corrected chi connectivity index (χ1v) is 11.3. The quantitative estimate of drug-likeness (QED) is 0.491. The highest BCUT2D eigenvalue weighted by Crippen LogP contribution is 2.45. The van der Waals surface area contributed by atoms with Gasteiger partial charge in [0, 0.05) is 36.8 Å². The van der Waals surface area contributed by atoms with Crippen LogP contribution in [-0.2, 0) is 13.6 Å². The zero-order valence-electron chi connectivity index (χ0n) is 18.4. The number of anilines is 1. The second kappa shape index (κ2) is 7.29. The molecule has 0 bridgehead atoms. The minimum atomic E-state index is -0.144. The van der Waals surface area contributed by atoms with E-state index in [1.165, 1.54) is 11.1 Å². The normalized spacial score (nSPS) is 15.9. The van der Waals surface area contributed by atoms with E-state index < -0.39 is 0 Å². The summed E-state index contributed by atoms with van der Waals surface area (Å²) >= 11 is 0. The molecule has 1 N–H and O–H groups in total. The molecule has 162 valence electrons. The van der Waals surface area contributed by atoms with Crippen LogP contribution in [0.15, 0.2) is 42.6 Å². The zero-order valence-corrected chi connectivity index (χ0v) is 18.4. The molecule has 0 unspecified atom stereocenters. The molecule has 0 atom stereocenters. The highest BCUT2D eigenvalue weighted by molar-refractivity contribution is 6.12. The average molecular weight is 427 g/mol. The van der Waals surface area contributed by atoms with Gasteiger partial charge in [-0.25, -0.2) is 4.98 Å². The maximum absolute atomic E-state index is 13.4. The summed E-state index contributed by atoms with van der Waals surface area (Å²) in [6.07, 6.45) is 6.42. The molecule has 7 nitrogen and oxygen atoms in total. The van der Waals surface area contributed by atoms with Crippen molar-refractivity contribution in [2.75, 3.05) is 5.32 Å². The topological polar surface area (TPSA) is 77.6 Å². The molecule has 3 aromatic heterocycles. The molecular formula is C25H26N6O. The molecular weight excluding hydrogens is 400 g/mol. The number of pyridine rings is 1. The number of carbonyl (C=O) groups is 1. The van der Waals surface area contributed by atoms with Gasteiger partial charge in [0.2, 0.25) is 0 Å². The molecule has 2 aliphatic carbocycles. The first-order chi connectivity index (χ1) is 15.5. The van der Waals surface area contributed by atoms with Gasteiger partial charge in [0.25, 0.3) is 5.91 Å². The van der Waals surface area contributed by atoms with Crippen molar-refractivity contribution >= 4 is 22.8 Å². The van der Waals surface area contributed by atoms with Gasteiger partial charge >= 0.3 is 0 Å². The molecule has 32 heavy (non-hydrogen) atoms. The lowest BCUT2D eigenvalue weighted by atomic mass is 10.0. The van der Waals surface area contributed by atoms with Crippen molar-refractivity contribution < 1.29 is 4.79 Å². The first-order valence-electron chi connectivity index (χ1n) is 11.3. The van der Waals surface area contributed by atoms with E-state index in [0.29, 0.717) is 29.8 Å². The Balaban J connectivity index is 1.30. The minimum Gasteiger partial charge on any atom is -0.305 e. The second-order valence-electron chi connectivity index (χ2n) is 9.19. The number of benzene rings is 1. The molecule has 2 fully saturated rings. The van der Waals surface area contributed by atoms with E-state index in [1.54, 1.807) is 0 Å². The molecule has 0 spiro atoms. The molecule has 1 amide bonds. The van der Waals surface area contributed by atoms with Crippen LogP contribution in [0.1, 0.15) is 70.4 Å². The van der Waals surface area contributed by atoms with Crippen LogP contribution in [0.2, 0.25) is 0 Å². The Morgan fingerprint density at radius 1 is 1.06 bits per heavy atom. The third-order valence-corrected chi connectivity index (χ3v) is 6.39. The second-order valence-corrected chi connectivity index (χ2v) is 9.19. The van der Waals surface area contributed by atoms with Crippen molar-refractivity contribution in [2.45, 2.75) is 51.0 Å². The third kappa shape index (κ3) is 3.57. The summed E-state index contributed by atoms with van der Waals surface area (Å²) in [5.41, 5.74) is 5.89. The molecule has 0 saturated heterocycles. The largest absolute Gasteiger partial charge is 0.305 e. The maximum Gasteiger partial charge on any atom is 0.257 e. The number of fused-ring (bicyclic) bond motifs is 1. The van der Waals surface area contributed by atoms with Crippen LogP contribution in [-0.4, -0.2) is 30.5 Å². The van der Waals surface area contributed by atoms with Gasteiger partial charge in [-0.05, 0) is 44.2 Å². The number of aromatic nitrogens is 5. The van der Waals surface area contributed by atoms with Gasteiger partial charge in [0.15, 0.2) is 11.5 Å². The molecule has 2 saturated carbocycles. The predicted octanol–water partition coefficient (Wildman–Crippen LogP) is 4.53. The van der Waals surface area contributed by atoms with Crippen molar-refractivity contribution in [2.24, 2.45) is 7.05 Å². The summed E-state index contributed by atoms with van der Waals surface area (Å²) in [7, 11) is 1.92. The summed E-state index contributed by atoms with van der Waals surface area (Å²) in [5.74, 6) is 1.30. The Morgan fingerprint density at radius 3 is 2.53 bits per heavy atom. The molecule has 1 aromatic carbocycles. The van der Waals surface area contributed by atoms with Crippen LogP contribution < -0.4 is 5.32 Å². The van der Waals surface area contributed by atoms with E-state index in [1.807, 2.05) is 34.7 Å². The van der Waals surface area contributed by atoms with Crippen LogP contribution in [0.3, 0.4) is 0 Å². The number of nitrogens with zero attached hydrogens (tertiary/aromatic N) is 5. The Labute approximate surface area is 186 Å². The molecule has 4 aromatic rings. The van der Waals surface area contributed by atoms with E-state index in [9.17, 15) is 4.79 Å². The fourth-order valence-corrected chi connectivity index (χ4v) is 4.29. The van der Waals surface area contributed by atoms with Crippen LogP contribution >= 0.6 is 0 Å². The fourth-order valence-electron chi connectivity index (χ4n) is 4.29. The molecule has 2 aliphatic rings. The number of hydrogen-bond donors (Lipinski definition) is 1. The molecule has 3 heterocycles. The number of amides is 1. The monoisotopic (exact) mass is 426 g/mol. The van der Waals surface area contributed by atoms with E-state index in [4.69, 9.17) is 10.1 Å². The standard InChI is InChI=1S/C25H26N6O/c1-15-3-5-16(6-4-15)14-31-12-11-21(28-31)27-25(32)19-13-20(17-7-8-17)26-24-22(19)23(18-9-10-18)29-30(24)2/h3-6,11-13,17-18H,7-10,14H2,1-2H3,(H,27,28,32). The number of hydrogen-bond acceptors (Lipinski definition) is 4. The Hall–Kier alpha value is -3.48. The van der Waals surface area contributed by atoms with E-state index in [2.05, 4.69) is 41.6 Å². The van der Waals surface area contributed by atoms with Crippen LogP contribution in [0.4, 0.5) is 5.82 Å². The molecule has 0 aliphatic heterocycles. The Kier molecular flexibility index (Phi) is 4.38. The van der Waals surface area contributed by atoms with Gasteiger partial charge in [-0.3, -0.25) is 14.2 Å². The van der Waals surface area contributed by atoms with Crippen LogP contribution in [0.5, 0.6) is 0 Å². The number of rotatable bonds is 6. The maximum atomic E-state index is 13.4. The van der Waals surface area contributed by atoms with Crippen LogP contribution in [0.25, 0.3) is 11.0 Å². The summed E-state index contributed by atoms with van der Waals surface area (Å²) in [6.45, 7) is 2.74. The van der Waals surface area contributed by atoms with Gasteiger partial charge in [-0.1, -0.05) is 29.8 Å². The number of nitrogens with one attached hydrogen (secondary N) is 1. The fraction of sp³-hybridized carbons (Fsp3) is 0.360. The first kappa shape index (κ1) is 19.2. The highest BCUT2D eigenvalue weighted by atomic mass is 16.1. The van der Waals surface area contributed by atoms with Gasteiger partial charge in [-0.2, -0.15) is 10.2 Å². The van der Waals surface area contributed by atoms with E-state index in [0.717, 1.165) is 48.1 Å². The van der Waals surface area contributed by atoms with Crippen molar-refractivity contribution in [1.29, 1.82) is 0 Å². The van der Waals surface area contributed by atoms with Gasteiger partial charge < -0.3 is 5.32 Å². The van der Waals surface area contributed by atoms with Crippen molar-refractivity contribution in [3.05, 3.63) is 70.7 Å². The average Bonchev–Trinajstić information content (AvgIpc) is 3.71. The van der Waals surface area contributed by atoms with Gasteiger partial charge in [-0.15, -0.1) is 0 Å². The van der Waals surface area contributed by atoms with Crippen molar-refractivity contribution in [3.8, 4) is 0 Å². The zero-order chi connectivity index (χ0) is 21.8. The summed E-state index contributed by atoms with van der Waals surface area (Å²) < 4.78 is 3.68. The van der Waals surface area contributed by atoms with E-state index >= 15 is 0 Å². The Morgan fingerprint density at radius 2 is 1.81 bits per heavy atom. The summed E-state index contributed by atoms with van der Waals surface area (Å²) in [6, 6.07) is 12.2. The highest BCUT2D eigenvalue weighted by Gasteiger charge is 2.33. The Bertz CT molecular complexity index is 1320. The third-order valence-electron chi connectivity index (χ3n) is 6.39. The summed E-state index contributed by atoms with van der Waals surface area (Å²) in [4.78, 5) is 18.3. The number of aryl methyl sites for hydroxylation is 2. The molecule has 0 radical (unpaired) electrons. The van der Waals surface area contributed by atoms with Gasteiger partial charge in [0.05, 0.1) is 23.2 Å². The van der Waals surface area contributed by atoms with E-state index in [-0.39, 0.29) is 5.91 Å². The lowest BCUT2D eigenvalue weighted by Crippen LogP contribution is -2.14. The van der Waals surface area contributed by atoms with Gasteiger partial charge in [0.1, 0.15) is 0 Å². The minimum absolute atomic E-state index is 0.144. The predicted molar refractivity (Wildman–Crippen MR) is 123 cm³/mol. The smallest absolute Gasteiger partial charge is 0.257 e. The number of carbonyl (C=O) groups excluding carboxylic acids is 1. The summed E-state index contributed by atoms with van der Waals surface area (Å²) in [5, 5.41) is 13.2. The van der Waals surface area contributed by atoms with Crippen molar-refractivity contribution in [3.63, 3.8) is 0 Å². The van der Waals surface area contributed by atoms with Crippen LogP contribution in [0, 0.1) is 6.92 Å². The lowest BCUT2D eigenvalue weighted by Gasteiger charge is -2.08. The van der Waals surface area contributed by atoms with Crippen molar-refractivity contribution in [1.82, 2.24) is 24.5 Å². The molecule has 6 rings (SSSR count). The molecule has 7 heteroatoms. The SMILES string of the molecule is Cc1ccc(Cn2ccc(NC(=O)c3cc(C4CC4)nc4c3c(C3CC3)nn4C)n2)cc1.